The van der Waals surface area contributed by atoms with Gasteiger partial charge in [0.1, 0.15) is 5.69 Å². The molecule has 0 aliphatic carbocycles. The second kappa shape index (κ2) is 9.72. The first-order chi connectivity index (χ1) is 13.7. The zero-order chi connectivity index (χ0) is 19.8. The monoisotopic (exact) mass is 369 g/mol. The first-order valence-electron chi connectivity index (χ1n) is 9.94. The van der Waals surface area contributed by atoms with E-state index in [4.69, 9.17) is 0 Å². The van der Waals surface area contributed by atoms with E-state index in [1.54, 1.807) is 0 Å². The van der Waals surface area contributed by atoms with E-state index in [2.05, 4.69) is 122 Å². The maximum absolute atomic E-state index is 4.16. The van der Waals surface area contributed by atoms with E-state index in [1.807, 2.05) is 0 Å². The van der Waals surface area contributed by atoms with Gasteiger partial charge in [0, 0.05) is 29.6 Å². The van der Waals surface area contributed by atoms with Crippen LogP contribution in [0.3, 0.4) is 0 Å². The van der Waals surface area contributed by atoms with Gasteiger partial charge in [0.25, 0.3) is 0 Å². The molecule has 0 spiro atoms. The van der Waals surface area contributed by atoms with Crippen molar-refractivity contribution in [3.63, 3.8) is 0 Å². The minimum Gasteiger partial charge on any atom is -0.348 e. The Hall–Kier alpha value is -3.10. The lowest BCUT2D eigenvalue weighted by atomic mass is 9.99. The van der Waals surface area contributed by atoms with Crippen molar-refractivity contribution in [1.82, 2.24) is 0 Å². The van der Waals surface area contributed by atoms with Crippen LogP contribution in [0.2, 0.25) is 0 Å². The highest BCUT2D eigenvalue weighted by atomic mass is 15.1. The molecule has 0 unspecified atom stereocenters. The van der Waals surface area contributed by atoms with Crippen molar-refractivity contribution in [3.05, 3.63) is 108 Å². The molecular formula is C26H29N2+. The number of fused-ring (bicyclic) bond motifs is 1. The normalized spacial score (nSPS) is 14.9. The van der Waals surface area contributed by atoms with Gasteiger partial charge in [-0.1, -0.05) is 61.2 Å². The highest BCUT2D eigenvalue weighted by Crippen LogP contribution is 2.32. The second-order valence-corrected chi connectivity index (χ2v) is 6.75. The maximum Gasteiger partial charge on any atom is 0.136 e. The number of hydrogen-bond donors (Lipinski definition) is 1. The van der Waals surface area contributed by atoms with E-state index < -0.39 is 0 Å². The number of nitrogens with two attached hydrogens (primary N) is 1. The molecule has 2 aromatic carbocycles. The van der Waals surface area contributed by atoms with Crippen LogP contribution in [-0.2, 0) is 0 Å². The predicted octanol–water partition coefficient (Wildman–Crippen LogP) is 5.46. The van der Waals surface area contributed by atoms with Gasteiger partial charge in [-0.05, 0) is 55.3 Å². The summed E-state index contributed by atoms with van der Waals surface area (Å²) in [5, 5.41) is 2.25. The number of nitrogens with zero attached hydrogens (tertiary/aromatic N) is 1. The van der Waals surface area contributed by atoms with Crippen LogP contribution in [0, 0.1) is 0 Å². The van der Waals surface area contributed by atoms with E-state index >= 15 is 0 Å². The Labute approximate surface area is 168 Å². The molecule has 2 nitrogen and oxygen atoms in total. The third-order valence-corrected chi connectivity index (χ3v) is 4.78. The molecule has 2 aromatic rings. The first-order valence-corrected chi connectivity index (χ1v) is 9.94. The Kier molecular flexibility index (Phi) is 6.83. The molecule has 0 saturated carbocycles. The fourth-order valence-corrected chi connectivity index (χ4v) is 3.33. The molecule has 142 valence electrons. The average molecular weight is 370 g/mol. The topological polar surface area (TPSA) is 19.9 Å². The Morgan fingerprint density at radius 1 is 1.04 bits per heavy atom. The van der Waals surface area contributed by atoms with E-state index in [9.17, 15) is 0 Å². The zero-order valence-corrected chi connectivity index (χ0v) is 16.8. The third-order valence-electron chi connectivity index (χ3n) is 4.78. The molecule has 3 rings (SSSR count). The van der Waals surface area contributed by atoms with Crippen LogP contribution >= 0.6 is 0 Å². The molecule has 0 bridgehead atoms. The predicted molar refractivity (Wildman–Crippen MR) is 122 cm³/mol. The molecule has 2 heteroatoms. The van der Waals surface area contributed by atoms with Crippen LogP contribution in [-0.4, -0.2) is 13.1 Å². The molecule has 0 saturated heterocycles. The number of hydrogen-bond acceptors (Lipinski definition) is 1. The summed E-state index contributed by atoms with van der Waals surface area (Å²) in [5.74, 6) is 0. The van der Waals surface area contributed by atoms with E-state index in [-0.39, 0.29) is 0 Å². The lowest BCUT2D eigenvalue weighted by molar-refractivity contribution is -0.567. The number of para-hydroxylation sites is 2. The van der Waals surface area contributed by atoms with Crippen molar-refractivity contribution in [2.24, 2.45) is 0 Å². The van der Waals surface area contributed by atoms with Crippen LogP contribution in [0.4, 0.5) is 11.4 Å². The average Bonchev–Trinajstić information content (AvgIpc) is 2.73. The molecule has 0 radical (unpaired) electrons. The summed E-state index contributed by atoms with van der Waals surface area (Å²) in [6, 6.07) is 17.0. The van der Waals surface area contributed by atoms with Crippen LogP contribution in [0.15, 0.2) is 97.3 Å². The van der Waals surface area contributed by atoms with Gasteiger partial charge in [-0.3, -0.25) is 0 Å². The SMILES string of the molecule is C=C(C=CC=C1C=CN(CC)c2ccccc21)C=Cc1ccccc1[NH2+]CC. The maximum atomic E-state index is 4.16. The number of rotatable bonds is 7. The molecule has 0 amide bonds. The van der Waals surface area contributed by atoms with Gasteiger partial charge in [-0.15, -0.1) is 0 Å². The number of benzene rings is 2. The van der Waals surface area contributed by atoms with Crippen molar-refractivity contribution in [2.75, 3.05) is 18.0 Å². The molecule has 0 atom stereocenters. The Morgan fingerprint density at radius 3 is 2.64 bits per heavy atom. The standard InChI is InChI=1S/C26H28N2/c1-4-27-25-15-8-6-12-23(25)18-17-21(3)11-10-13-22-19-20-28(5-2)26-16-9-7-14-24(22)26/h6-20,27H,3-5H2,1-2H3/p+1. The van der Waals surface area contributed by atoms with Gasteiger partial charge >= 0.3 is 0 Å². The number of allylic oxidation sites excluding steroid dienone is 7. The Morgan fingerprint density at radius 2 is 1.82 bits per heavy atom. The van der Waals surface area contributed by atoms with Crippen molar-refractivity contribution in [2.45, 2.75) is 13.8 Å². The molecular weight excluding hydrogens is 340 g/mol. The first kappa shape index (κ1) is 19.7. The number of quaternary nitrogens is 1. The summed E-state index contributed by atoms with van der Waals surface area (Å²) in [7, 11) is 0. The summed E-state index contributed by atoms with van der Waals surface area (Å²) in [4.78, 5) is 2.27. The Bertz CT molecular complexity index is 944. The lowest BCUT2D eigenvalue weighted by Crippen LogP contribution is -2.77. The summed E-state index contributed by atoms with van der Waals surface area (Å²) in [5.41, 5.74) is 7.21. The zero-order valence-electron chi connectivity index (χ0n) is 16.8. The van der Waals surface area contributed by atoms with Crippen molar-refractivity contribution in [1.29, 1.82) is 0 Å². The van der Waals surface area contributed by atoms with Crippen LogP contribution in [0.25, 0.3) is 11.6 Å². The molecule has 2 N–H and O–H groups in total. The van der Waals surface area contributed by atoms with Crippen molar-refractivity contribution in [3.8, 4) is 0 Å². The smallest absolute Gasteiger partial charge is 0.136 e. The summed E-state index contributed by atoms with van der Waals surface area (Å²) >= 11 is 0. The fourth-order valence-electron chi connectivity index (χ4n) is 3.33. The molecule has 1 aliphatic rings. The molecule has 0 fully saturated rings. The number of anilines is 1. The van der Waals surface area contributed by atoms with Crippen LogP contribution < -0.4 is 10.2 Å². The van der Waals surface area contributed by atoms with Gasteiger partial charge in [0.2, 0.25) is 0 Å². The van der Waals surface area contributed by atoms with Crippen LogP contribution in [0.1, 0.15) is 25.0 Å². The Balaban J connectivity index is 1.72. The minimum atomic E-state index is 0.967. The summed E-state index contributed by atoms with van der Waals surface area (Å²) < 4.78 is 0. The van der Waals surface area contributed by atoms with E-state index in [1.165, 1.54) is 28.1 Å². The fraction of sp³-hybridized carbons (Fsp3) is 0.154. The lowest BCUT2D eigenvalue weighted by Gasteiger charge is -2.26. The molecule has 1 aliphatic heterocycles. The molecule has 0 aromatic heterocycles. The van der Waals surface area contributed by atoms with Gasteiger partial charge < -0.3 is 10.2 Å². The van der Waals surface area contributed by atoms with E-state index in [0.717, 1.165) is 18.7 Å². The largest absolute Gasteiger partial charge is 0.348 e. The van der Waals surface area contributed by atoms with Gasteiger partial charge in [-0.2, -0.15) is 0 Å². The van der Waals surface area contributed by atoms with Crippen molar-refractivity contribution < 1.29 is 5.32 Å². The highest BCUT2D eigenvalue weighted by molar-refractivity contribution is 5.86. The summed E-state index contributed by atoms with van der Waals surface area (Å²) in [6.45, 7) is 10.5. The molecule has 1 heterocycles. The van der Waals surface area contributed by atoms with Gasteiger partial charge in [0.05, 0.1) is 6.54 Å². The van der Waals surface area contributed by atoms with E-state index in [0.29, 0.717) is 0 Å². The summed E-state index contributed by atoms with van der Waals surface area (Å²) in [6.07, 6.45) is 14.8. The van der Waals surface area contributed by atoms with Crippen LogP contribution in [0.5, 0.6) is 0 Å². The second-order valence-electron chi connectivity index (χ2n) is 6.75. The van der Waals surface area contributed by atoms with Gasteiger partial charge in [0.15, 0.2) is 0 Å². The van der Waals surface area contributed by atoms with Crippen molar-refractivity contribution >= 4 is 23.0 Å². The third kappa shape index (κ3) is 4.79. The molecule has 28 heavy (non-hydrogen) atoms. The highest BCUT2D eigenvalue weighted by Gasteiger charge is 2.13. The quantitative estimate of drug-likeness (QED) is 0.507. The minimum absolute atomic E-state index is 0.967. The van der Waals surface area contributed by atoms with Gasteiger partial charge in [-0.25, -0.2) is 0 Å².